The molecule has 0 aliphatic rings. The van der Waals surface area contributed by atoms with Crippen molar-refractivity contribution in [2.45, 2.75) is 20.4 Å². The lowest BCUT2D eigenvalue weighted by Crippen LogP contribution is -1.96. The Bertz CT molecular complexity index is 488. The SMILES string of the molecule is CCn1c(C)nc2ccc(Cl)c(Cl)c21. The van der Waals surface area contributed by atoms with Gasteiger partial charge in [0.05, 0.1) is 21.1 Å². The highest BCUT2D eigenvalue weighted by Crippen LogP contribution is 2.31. The van der Waals surface area contributed by atoms with Gasteiger partial charge in [-0.25, -0.2) is 4.98 Å². The van der Waals surface area contributed by atoms with Gasteiger partial charge in [0.25, 0.3) is 0 Å². The lowest BCUT2D eigenvalue weighted by atomic mass is 10.3. The molecule has 0 saturated carbocycles. The molecule has 0 aliphatic heterocycles. The molecule has 0 atom stereocenters. The molecule has 14 heavy (non-hydrogen) atoms. The summed E-state index contributed by atoms with van der Waals surface area (Å²) in [5, 5.41) is 1.17. The average molecular weight is 229 g/mol. The van der Waals surface area contributed by atoms with Crippen LogP contribution in [-0.4, -0.2) is 9.55 Å². The van der Waals surface area contributed by atoms with Gasteiger partial charge in [-0.2, -0.15) is 0 Å². The Labute approximate surface area is 92.5 Å². The summed E-state index contributed by atoms with van der Waals surface area (Å²) in [6.07, 6.45) is 0. The number of aryl methyl sites for hydroxylation is 2. The third-order valence-corrected chi connectivity index (χ3v) is 3.10. The molecule has 1 aromatic carbocycles. The van der Waals surface area contributed by atoms with Crippen molar-refractivity contribution < 1.29 is 0 Å². The standard InChI is InChI=1S/C10H10Cl2N2/c1-3-14-6(2)13-8-5-4-7(11)9(12)10(8)14/h4-5H,3H2,1-2H3. The minimum absolute atomic E-state index is 0.578. The van der Waals surface area contributed by atoms with Crippen molar-refractivity contribution in [2.75, 3.05) is 0 Å². The van der Waals surface area contributed by atoms with Crippen LogP contribution in [0.5, 0.6) is 0 Å². The second-order valence-electron chi connectivity index (χ2n) is 3.13. The summed E-state index contributed by atoms with van der Waals surface area (Å²) in [5.41, 5.74) is 1.83. The second kappa shape index (κ2) is 3.44. The molecular weight excluding hydrogens is 219 g/mol. The summed E-state index contributed by atoms with van der Waals surface area (Å²) in [5.74, 6) is 0.965. The summed E-state index contributed by atoms with van der Waals surface area (Å²) >= 11 is 12.1. The molecule has 74 valence electrons. The van der Waals surface area contributed by atoms with E-state index < -0.39 is 0 Å². The van der Waals surface area contributed by atoms with Gasteiger partial charge in [0.1, 0.15) is 5.82 Å². The van der Waals surface area contributed by atoms with Crippen LogP contribution in [0, 0.1) is 6.92 Å². The molecule has 2 rings (SSSR count). The average Bonchev–Trinajstić information content (AvgIpc) is 2.48. The Hall–Kier alpha value is -0.730. The highest BCUT2D eigenvalue weighted by Gasteiger charge is 2.11. The maximum absolute atomic E-state index is 6.13. The van der Waals surface area contributed by atoms with Gasteiger partial charge in [0, 0.05) is 6.54 Å². The number of benzene rings is 1. The number of rotatable bonds is 1. The molecule has 0 spiro atoms. The Morgan fingerprint density at radius 2 is 2.07 bits per heavy atom. The van der Waals surface area contributed by atoms with E-state index in [0.717, 1.165) is 23.4 Å². The minimum atomic E-state index is 0.578. The van der Waals surface area contributed by atoms with Crippen LogP contribution in [0.1, 0.15) is 12.7 Å². The first-order valence-electron chi connectivity index (χ1n) is 4.46. The van der Waals surface area contributed by atoms with Gasteiger partial charge >= 0.3 is 0 Å². The van der Waals surface area contributed by atoms with E-state index in [1.54, 1.807) is 6.07 Å². The van der Waals surface area contributed by atoms with E-state index in [1.165, 1.54) is 0 Å². The monoisotopic (exact) mass is 228 g/mol. The molecule has 0 unspecified atom stereocenters. The lowest BCUT2D eigenvalue weighted by Gasteiger charge is -2.04. The number of hydrogen-bond donors (Lipinski definition) is 0. The number of aromatic nitrogens is 2. The summed E-state index contributed by atoms with van der Waals surface area (Å²) in [4.78, 5) is 4.41. The lowest BCUT2D eigenvalue weighted by molar-refractivity contribution is 0.753. The van der Waals surface area contributed by atoms with Crippen molar-refractivity contribution in [1.82, 2.24) is 9.55 Å². The molecule has 1 aromatic heterocycles. The van der Waals surface area contributed by atoms with Crippen LogP contribution >= 0.6 is 23.2 Å². The van der Waals surface area contributed by atoms with Crippen LogP contribution in [-0.2, 0) is 6.54 Å². The normalized spacial score (nSPS) is 11.1. The van der Waals surface area contributed by atoms with Gasteiger partial charge in [-0.15, -0.1) is 0 Å². The van der Waals surface area contributed by atoms with E-state index in [9.17, 15) is 0 Å². The predicted octanol–water partition coefficient (Wildman–Crippen LogP) is 3.67. The zero-order chi connectivity index (χ0) is 10.3. The van der Waals surface area contributed by atoms with E-state index in [2.05, 4.69) is 16.5 Å². The molecule has 0 fully saturated rings. The number of hydrogen-bond acceptors (Lipinski definition) is 1. The molecular formula is C10H10Cl2N2. The van der Waals surface area contributed by atoms with E-state index in [-0.39, 0.29) is 0 Å². The quantitative estimate of drug-likeness (QED) is 0.729. The van der Waals surface area contributed by atoms with Crippen molar-refractivity contribution >= 4 is 34.2 Å². The van der Waals surface area contributed by atoms with Crippen molar-refractivity contribution in [3.8, 4) is 0 Å². The Kier molecular flexibility index (Phi) is 2.41. The third kappa shape index (κ3) is 1.30. The topological polar surface area (TPSA) is 17.8 Å². The maximum atomic E-state index is 6.13. The maximum Gasteiger partial charge on any atom is 0.106 e. The number of imidazole rings is 1. The van der Waals surface area contributed by atoms with Gasteiger partial charge in [-0.05, 0) is 26.0 Å². The summed E-state index contributed by atoms with van der Waals surface area (Å²) in [6.45, 7) is 4.88. The van der Waals surface area contributed by atoms with Crippen LogP contribution < -0.4 is 0 Å². The molecule has 0 bridgehead atoms. The van der Waals surface area contributed by atoms with Gasteiger partial charge < -0.3 is 4.57 Å². The van der Waals surface area contributed by atoms with E-state index in [1.807, 2.05) is 13.0 Å². The molecule has 1 heterocycles. The zero-order valence-electron chi connectivity index (χ0n) is 8.01. The van der Waals surface area contributed by atoms with E-state index >= 15 is 0 Å². The fraction of sp³-hybridized carbons (Fsp3) is 0.300. The van der Waals surface area contributed by atoms with Crippen LogP contribution in [0.4, 0.5) is 0 Å². The molecule has 0 aliphatic carbocycles. The molecule has 4 heteroatoms. The Morgan fingerprint density at radius 3 is 2.71 bits per heavy atom. The summed E-state index contributed by atoms with van der Waals surface area (Å²) in [7, 11) is 0. The first-order chi connectivity index (χ1) is 6.65. The van der Waals surface area contributed by atoms with Crippen LogP contribution in [0.2, 0.25) is 10.0 Å². The van der Waals surface area contributed by atoms with Crippen LogP contribution in [0.3, 0.4) is 0 Å². The largest absolute Gasteiger partial charge is 0.327 e. The van der Waals surface area contributed by atoms with Gasteiger partial charge in [-0.1, -0.05) is 23.2 Å². The van der Waals surface area contributed by atoms with Crippen molar-refractivity contribution in [1.29, 1.82) is 0 Å². The van der Waals surface area contributed by atoms with Gasteiger partial charge in [0.15, 0.2) is 0 Å². The minimum Gasteiger partial charge on any atom is -0.327 e. The van der Waals surface area contributed by atoms with E-state index in [4.69, 9.17) is 23.2 Å². The van der Waals surface area contributed by atoms with Gasteiger partial charge in [0.2, 0.25) is 0 Å². The molecule has 0 saturated heterocycles. The molecule has 0 N–H and O–H groups in total. The zero-order valence-corrected chi connectivity index (χ0v) is 9.52. The number of fused-ring (bicyclic) bond motifs is 1. The van der Waals surface area contributed by atoms with Crippen molar-refractivity contribution in [2.24, 2.45) is 0 Å². The smallest absolute Gasteiger partial charge is 0.106 e. The molecule has 2 nitrogen and oxygen atoms in total. The second-order valence-corrected chi connectivity index (χ2v) is 3.92. The summed E-state index contributed by atoms with van der Waals surface area (Å²) in [6, 6.07) is 3.67. The van der Waals surface area contributed by atoms with Crippen molar-refractivity contribution in [3.63, 3.8) is 0 Å². The highest BCUT2D eigenvalue weighted by molar-refractivity contribution is 6.44. The summed E-state index contributed by atoms with van der Waals surface area (Å²) < 4.78 is 2.06. The molecule has 0 radical (unpaired) electrons. The van der Waals surface area contributed by atoms with Crippen molar-refractivity contribution in [3.05, 3.63) is 28.0 Å². The Morgan fingerprint density at radius 1 is 1.36 bits per heavy atom. The van der Waals surface area contributed by atoms with Crippen LogP contribution in [0.25, 0.3) is 11.0 Å². The van der Waals surface area contributed by atoms with E-state index in [0.29, 0.717) is 10.0 Å². The molecule has 0 amide bonds. The predicted molar refractivity (Wildman–Crippen MR) is 60.2 cm³/mol. The first-order valence-corrected chi connectivity index (χ1v) is 5.21. The first kappa shape index (κ1) is 9.81. The Balaban J connectivity index is 2.90. The van der Waals surface area contributed by atoms with Gasteiger partial charge in [-0.3, -0.25) is 0 Å². The number of nitrogens with zero attached hydrogens (tertiary/aromatic N) is 2. The number of halogens is 2. The third-order valence-electron chi connectivity index (χ3n) is 2.31. The fourth-order valence-corrected chi connectivity index (χ4v) is 2.07. The molecule has 2 aromatic rings. The van der Waals surface area contributed by atoms with Crippen LogP contribution in [0.15, 0.2) is 12.1 Å². The fourth-order valence-electron chi connectivity index (χ4n) is 1.66. The highest BCUT2D eigenvalue weighted by atomic mass is 35.5.